The zero-order valence-electron chi connectivity index (χ0n) is 8.55. The summed E-state index contributed by atoms with van der Waals surface area (Å²) in [5.74, 6) is 0.571. The molecule has 0 radical (unpaired) electrons. The molecule has 0 aliphatic rings. The second-order valence-corrected chi connectivity index (χ2v) is 3.41. The van der Waals surface area contributed by atoms with Crippen molar-refractivity contribution >= 4 is 0 Å². The van der Waals surface area contributed by atoms with Gasteiger partial charge in [0.15, 0.2) is 0 Å². The van der Waals surface area contributed by atoms with Gasteiger partial charge in [-0.1, -0.05) is 26.7 Å². The van der Waals surface area contributed by atoms with E-state index in [4.69, 9.17) is 9.84 Å². The van der Waals surface area contributed by atoms with Crippen molar-refractivity contribution in [1.82, 2.24) is 0 Å². The fourth-order valence-electron chi connectivity index (χ4n) is 1.47. The third-order valence-electron chi connectivity index (χ3n) is 2.36. The van der Waals surface area contributed by atoms with E-state index in [2.05, 4.69) is 13.8 Å². The third kappa shape index (κ3) is 4.73. The van der Waals surface area contributed by atoms with Gasteiger partial charge in [0.05, 0.1) is 6.10 Å². The molecule has 0 aliphatic heterocycles. The lowest BCUT2D eigenvalue weighted by molar-refractivity contribution is 0.0346. The van der Waals surface area contributed by atoms with Gasteiger partial charge in [0.25, 0.3) is 0 Å². The Hall–Kier alpha value is -0.0800. The minimum atomic E-state index is 0.231. The number of aliphatic hydroxyl groups is 1. The maximum Gasteiger partial charge on any atom is 0.0618 e. The Morgan fingerprint density at radius 3 is 2.42 bits per heavy atom. The molecule has 0 aromatic rings. The second kappa shape index (κ2) is 7.56. The van der Waals surface area contributed by atoms with Crippen LogP contribution in [0.5, 0.6) is 0 Å². The Balaban J connectivity index is 3.60. The van der Waals surface area contributed by atoms with E-state index in [1.807, 2.05) is 0 Å². The van der Waals surface area contributed by atoms with Crippen molar-refractivity contribution in [3.8, 4) is 0 Å². The predicted molar refractivity (Wildman–Crippen MR) is 51.2 cm³/mol. The molecule has 2 heteroatoms. The van der Waals surface area contributed by atoms with Gasteiger partial charge < -0.3 is 9.84 Å². The van der Waals surface area contributed by atoms with Crippen LogP contribution in [-0.4, -0.2) is 24.9 Å². The van der Waals surface area contributed by atoms with Gasteiger partial charge >= 0.3 is 0 Å². The summed E-state index contributed by atoms with van der Waals surface area (Å²) < 4.78 is 5.29. The molecule has 0 amide bonds. The summed E-state index contributed by atoms with van der Waals surface area (Å²) in [6.07, 6.45) is 4.70. The van der Waals surface area contributed by atoms with E-state index < -0.39 is 0 Å². The van der Waals surface area contributed by atoms with Crippen LogP contribution in [0, 0.1) is 5.92 Å². The smallest absolute Gasteiger partial charge is 0.0618 e. The number of methoxy groups -OCH3 is 1. The SMILES string of the molecule is CCCCC(C)C(CCO)OC. The van der Waals surface area contributed by atoms with Crippen molar-refractivity contribution < 1.29 is 9.84 Å². The van der Waals surface area contributed by atoms with Crippen LogP contribution in [0.2, 0.25) is 0 Å². The van der Waals surface area contributed by atoms with Gasteiger partial charge in [-0.2, -0.15) is 0 Å². The van der Waals surface area contributed by atoms with Crippen molar-refractivity contribution in [3.63, 3.8) is 0 Å². The van der Waals surface area contributed by atoms with Crippen LogP contribution >= 0.6 is 0 Å². The molecule has 2 unspecified atom stereocenters. The molecular weight excluding hydrogens is 152 g/mol. The highest BCUT2D eigenvalue weighted by Crippen LogP contribution is 2.16. The summed E-state index contributed by atoms with van der Waals surface area (Å²) in [6.45, 7) is 4.62. The van der Waals surface area contributed by atoms with E-state index in [-0.39, 0.29) is 12.7 Å². The summed E-state index contributed by atoms with van der Waals surface area (Å²) in [5.41, 5.74) is 0. The molecule has 12 heavy (non-hydrogen) atoms. The Morgan fingerprint density at radius 1 is 1.33 bits per heavy atom. The lowest BCUT2D eigenvalue weighted by Crippen LogP contribution is -2.21. The molecule has 0 aromatic carbocycles. The van der Waals surface area contributed by atoms with Crippen LogP contribution in [0.25, 0.3) is 0 Å². The molecule has 2 nitrogen and oxygen atoms in total. The summed E-state index contributed by atoms with van der Waals surface area (Å²) >= 11 is 0. The molecule has 74 valence electrons. The molecule has 0 spiro atoms. The quantitative estimate of drug-likeness (QED) is 0.641. The molecule has 0 saturated heterocycles. The van der Waals surface area contributed by atoms with Gasteiger partial charge in [-0.05, 0) is 18.8 Å². The first kappa shape index (κ1) is 11.9. The molecular formula is C10H22O2. The van der Waals surface area contributed by atoms with E-state index in [1.54, 1.807) is 7.11 Å². The average Bonchev–Trinajstić information content (AvgIpc) is 2.10. The lowest BCUT2D eigenvalue weighted by Gasteiger charge is -2.21. The minimum Gasteiger partial charge on any atom is -0.396 e. The first-order valence-electron chi connectivity index (χ1n) is 4.89. The fourth-order valence-corrected chi connectivity index (χ4v) is 1.47. The summed E-state index contributed by atoms with van der Waals surface area (Å²) in [6, 6.07) is 0. The van der Waals surface area contributed by atoms with E-state index in [0.29, 0.717) is 5.92 Å². The zero-order valence-corrected chi connectivity index (χ0v) is 8.55. The van der Waals surface area contributed by atoms with Crippen LogP contribution in [0.4, 0.5) is 0 Å². The van der Waals surface area contributed by atoms with Crippen molar-refractivity contribution in [2.24, 2.45) is 5.92 Å². The molecule has 0 aromatic heterocycles. The first-order valence-corrected chi connectivity index (χ1v) is 4.89. The molecule has 0 rings (SSSR count). The summed E-state index contributed by atoms with van der Waals surface area (Å²) in [5, 5.41) is 8.76. The van der Waals surface area contributed by atoms with Crippen LogP contribution in [0.15, 0.2) is 0 Å². The monoisotopic (exact) mass is 174 g/mol. The van der Waals surface area contributed by atoms with Crippen LogP contribution in [0.1, 0.15) is 39.5 Å². The van der Waals surface area contributed by atoms with Crippen LogP contribution < -0.4 is 0 Å². The Bertz CT molecular complexity index is 93.8. The number of ether oxygens (including phenoxy) is 1. The van der Waals surface area contributed by atoms with E-state index >= 15 is 0 Å². The highest BCUT2D eigenvalue weighted by molar-refractivity contribution is 4.65. The highest BCUT2D eigenvalue weighted by Gasteiger charge is 2.14. The molecule has 1 N–H and O–H groups in total. The topological polar surface area (TPSA) is 29.5 Å². The third-order valence-corrected chi connectivity index (χ3v) is 2.36. The maximum atomic E-state index is 8.76. The van der Waals surface area contributed by atoms with Crippen molar-refractivity contribution in [2.45, 2.75) is 45.6 Å². The Kier molecular flexibility index (Phi) is 7.51. The van der Waals surface area contributed by atoms with Crippen LogP contribution in [0.3, 0.4) is 0 Å². The van der Waals surface area contributed by atoms with Gasteiger partial charge in [-0.3, -0.25) is 0 Å². The zero-order chi connectivity index (χ0) is 9.40. The maximum absolute atomic E-state index is 8.76. The average molecular weight is 174 g/mol. The van der Waals surface area contributed by atoms with Crippen molar-refractivity contribution in [1.29, 1.82) is 0 Å². The first-order chi connectivity index (χ1) is 5.76. The van der Waals surface area contributed by atoms with Crippen molar-refractivity contribution in [3.05, 3.63) is 0 Å². The second-order valence-electron chi connectivity index (χ2n) is 3.41. The molecule has 0 bridgehead atoms. The fraction of sp³-hybridized carbons (Fsp3) is 1.00. The van der Waals surface area contributed by atoms with Gasteiger partial charge in [-0.15, -0.1) is 0 Å². The van der Waals surface area contributed by atoms with Gasteiger partial charge in [0, 0.05) is 13.7 Å². The van der Waals surface area contributed by atoms with Gasteiger partial charge in [0.2, 0.25) is 0 Å². The standard InChI is InChI=1S/C10H22O2/c1-4-5-6-9(2)10(12-3)7-8-11/h9-11H,4-8H2,1-3H3. The van der Waals surface area contributed by atoms with E-state index in [0.717, 1.165) is 6.42 Å². The number of unbranched alkanes of at least 4 members (excludes halogenated alkanes) is 1. The van der Waals surface area contributed by atoms with Gasteiger partial charge in [0.1, 0.15) is 0 Å². The normalized spacial score (nSPS) is 16.0. The largest absolute Gasteiger partial charge is 0.396 e. The number of hydrogen-bond donors (Lipinski definition) is 1. The van der Waals surface area contributed by atoms with Gasteiger partial charge in [-0.25, -0.2) is 0 Å². The molecule has 0 heterocycles. The molecule has 0 aliphatic carbocycles. The Labute approximate surface area is 75.9 Å². The van der Waals surface area contributed by atoms with E-state index in [1.165, 1.54) is 19.3 Å². The minimum absolute atomic E-state index is 0.231. The number of hydrogen-bond acceptors (Lipinski definition) is 2. The predicted octanol–water partition coefficient (Wildman–Crippen LogP) is 2.21. The number of rotatable bonds is 7. The molecule has 0 saturated carbocycles. The van der Waals surface area contributed by atoms with E-state index in [9.17, 15) is 0 Å². The Morgan fingerprint density at radius 2 is 2.00 bits per heavy atom. The molecule has 2 atom stereocenters. The highest BCUT2D eigenvalue weighted by atomic mass is 16.5. The van der Waals surface area contributed by atoms with Crippen LogP contribution in [-0.2, 0) is 4.74 Å². The number of aliphatic hydroxyl groups excluding tert-OH is 1. The molecule has 0 fully saturated rings. The summed E-state index contributed by atoms with van der Waals surface area (Å²) in [7, 11) is 1.72. The lowest BCUT2D eigenvalue weighted by atomic mass is 9.96. The van der Waals surface area contributed by atoms with Crippen molar-refractivity contribution in [2.75, 3.05) is 13.7 Å². The summed E-state index contributed by atoms with van der Waals surface area (Å²) in [4.78, 5) is 0.